The Labute approximate surface area is 125 Å². The van der Waals surface area contributed by atoms with Gasteiger partial charge in [0.15, 0.2) is 5.82 Å². The maximum Gasteiger partial charge on any atom is 0.233 e. The SMILES string of the molecule is C=CCCC(=O)N1CCC(Oc2ccc(N(C)C)nn2)C1. The molecule has 1 atom stereocenters. The maximum absolute atomic E-state index is 11.9. The Bertz CT molecular complexity index is 487. The van der Waals surface area contributed by atoms with Crippen LogP contribution < -0.4 is 9.64 Å². The number of carbonyl (C=O) groups is 1. The van der Waals surface area contributed by atoms with E-state index in [1.807, 2.05) is 36.0 Å². The van der Waals surface area contributed by atoms with Crippen molar-refractivity contribution in [3.63, 3.8) is 0 Å². The Kier molecular flexibility index (Phi) is 5.14. The summed E-state index contributed by atoms with van der Waals surface area (Å²) >= 11 is 0. The van der Waals surface area contributed by atoms with Crippen molar-refractivity contribution in [1.29, 1.82) is 0 Å². The van der Waals surface area contributed by atoms with E-state index in [-0.39, 0.29) is 12.0 Å². The van der Waals surface area contributed by atoms with Crippen molar-refractivity contribution in [1.82, 2.24) is 15.1 Å². The highest BCUT2D eigenvalue weighted by molar-refractivity contribution is 5.76. The third kappa shape index (κ3) is 4.18. The van der Waals surface area contributed by atoms with Gasteiger partial charge in [0.2, 0.25) is 11.8 Å². The van der Waals surface area contributed by atoms with Crippen molar-refractivity contribution in [2.75, 3.05) is 32.1 Å². The molecule has 1 aliphatic heterocycles. The number of anilines is 1. The van der Waals surface area contributed by atoms with Crippen molar-refractivity contribution in [3.05, 3.63) is 24.8 Å². The quantitative estimate of drug-likeness (QED) is 0.743. The molecule has 0 aliphatic carbocycles. The van der Waals surface area contributed by atoms with Gasteiger partial charge in [-0.05, 0) is 12.5 Å². The Morgan fingerprint density at radius 1 is 1.52 bits per heavy atom. The van der Waals surface area contributed by atoms with Crippen LogP contribution in [0.3, 0.4) is 0 Å². The van der Waals surface area contributed by atoms with Crippen LogP contribution in [0.1, 0.15) is 19.3 Å². The molecule has 0 spiro atoms. The highest BCUT2D eigenvalue weighted by atomic mass is 16.5. The number of hydrogen-bond donors (Lipinski definition) is 0. The highest BCUT2D eigenvalue weighted by Crippen LogP contribution is 2.18. The van der Waals surface area contributed by atoms with Gasteiger partial charge in [-0.2, -0.15) is 0 Å². The van der Waals surface area contributed by atoms with Crippen LogP contribution in [0, 0.1) is 0 Å². The second kappa shape index (κ2) is 7.06. The van der Waals surface area contributed by atoms with E-state index in [2.05, 4.69) is 16.8 Å². The summed E-state index contributed by atoms with van der Waals surface area (Å²) < 4.78 is 5.79. The maximum atomic E-state index is 11.9. The van der Waals surface area contributed by atoms with Gasteiger partial charge in [0.25, 0.3) is 0 Å². The summed E-state index contributed by atoms with van der Waals surface area (Å²) in [5.74, 6) is 1.45. The Hall–Kier alpha value is -2.11. The Morgan fingerprint density at radius 2 is 2.33 bits per heavy atom. The minimum Gasteiger partial charge on any atom is -0.471 e. The van der Waals surface area contributed by atoms with Gasteiger partial charge < -0.3 is 14.5 Å². The molecule has 0 radical (unpaired) electrons. The summed E-state index contributed by atoms with van der Waals surface area (Å²) in [4.78, 5) is 15.6. The summed E-state index contributed by atoms with van der Waals surface area (Å²) in [5, 5.41) is 8.13. The zero-order chi connectivity index (χ0) is 15.2. The largest absolute Gasteiger partial charge is 0.471 e. The average molecular weight is 290 g/mol. The topological polar surface area (TPSA) is 58.6 Å². The second-order valence-corrected chi connectivity index (χ2v) is 5.32. The number of ether oxygens (including phenoxy) is 1. The van der Waals surface area contributed by atoms with E-state index in [0.717, 1.165) is 25.2 Å². The predicted molar refractivity (Wildman–Crippen MR) is 81.4 cm³/mol. The van der Waals surface area contributed by atoms with Gasteiger partial charge in [-0.3, -0.25) is 4.79 Å². The van der Waals surface area contributed by atoms with E-state index in [4.69, 9.17) is 4.74 Å². The van der Waals surface area contributed by atoms with Gasteiger partial charge in [0.1, 0.15) is 6.10 Å². The Balaban J connectivity index is 1.84. The molecule has 1 fully saturated rings. The highest BCUT2D eigenvalue weighted by Gasteiger charge is 2.27. The van der Waals surface area contributed by atoms with Crippen molar-refractivity contribution >= 4 is 11.7 Å². The van der Waals surface area contributed by atoms with Crippen LogP contribution >= 0.6 is 0 Å². The van der Waals surface area contributed by atoms with Gasteiger partial charge in [-0.15, -0.1) is 16.8 Å². The first-order chi connectivity index (χ1) is 10.1. The molecule has 1 aromatic rings. The number of rotatable bonds is 6. The van der Waals surface area contributed by atoms with E-state index in [0.29, 0.717) is 18.8 Å². The zero-order valence-corrected chi connectivity index (χ0v) is 12.7. The fourth-order valence-corrected chi connectivity index (χ4v) is 2.22. The van der Waals surface area contributed by atoms with E-state index < -0.39 is 0 Å². The molecular weight excluding hydrogens is 268 g/mol. The van der Waals surface area contributed by atoms with Crippen molar-refractivity contribution in [2.45, 2.75) is 25.4 Å². The molecule has 2 heterocycles. The molecule has 0 bridgehead atoms. The first-order valence-electron chi connectivity index (χ1n) is 7.16. The molecule has 0 aromatic carbocycles. The molecule has 6 heteroatoms. The lowest BCUT2D eigenvalue weighted by molar-refractivity contribution is -0.130. The molecule has 1 aromatic heterocycles. The fraction of sp³-hybridized carbons (Fsp3) is 0.533. The van der Waals surface area contributed by atoms with Gasteiger partial charge in [-0.25, -0.2) is 0 Å². The molecule has 2 rings (SSSR count). The molecule has 0 N–H and O–H groups in total. The normalized spacial score (nSPS) is 17.6. The van der Waals surface area contributed by atoms with Crippen LogP contribution in [0.15, 0.2) is 24.8 Å². The van der Waals surface area contributed by atoms with Gasteiger partial charge in [0, 0.05) is 39.5 Å². The molecule has 1 unspecified atom stereocenters. The van der Waals surface area contributed by atoms with E-state index in [9.17, 15) is 4.79 Å². The van der Waals surface area contributed by atoms with Crippen LogP contribution in [0.4, 0.5) is 5.82 Å². The molecular formula is C15H22N4O2. The number of likely N-dealkylation sites (tertiary alicyclic amines) is 1. The minimum atomic E-state index is -0.00260. The molecule has 1 saturated heterocycles. The summed E-state index contributed by atoms with van der Waals surface area (Å²) in [6.07, 6.45) is 3.84. The molecule has 0 saturated carbocycles. The number of hydrogen-bond acceptors (Lipinski definition) is 5. The zero-order valence-electron chi connectivity index (χ0n) is 12.7. The third-order valence-electron chi connectivity index (χ3n) is 3.43. The van der Waals surface area contributed by atoms with E-state index in [1.54, 1.807) is 6.08 Å². The lowest BCUT2D eigenvalue weighted by atomic mass is 10.3. The fourth-order valence-electron chi connectivity index (χ4n) is 2.22. The summed E-state index contributed by atoms with van der Waals surface area (Å²) in [6, 6.07) is 3.68. The van der Waals surface area contributed by atoms with Crippen LogP contribution in [-0.2, 0) is 4.79 Å². The molecule has 21 heavy (non-hydrogen) atoms. The number of aromatic nitrogens is 2. The number of allylic oxidation sites excluding steroid dienone is 1. The molecule has 1 amide bonds. The monoisotopic (exact) mass is 290 g/mol. The van der Waals surface area contributed by atoms with Crippen LogP contribution in [0.25, 0.3) is 0 Å². The van der Waals surface area contributed by atoms with Crippen molar-refractivity contribution in [3.8, 4) is 5.88 Å². The van der Waals surface area contributed by atoms with E-state index in [1.165, 1.54) is 0 Å². The van der Waals surface area contributed by atoms with Gasteiger partial charge in [0.05, 0.1) is 6.54 Å². The summed E-state index contributed by atoms with van der Waals surface area (Å²) in [5.41, 5.74) is 0. The number of nitrogens with zero attached hydrogens (tertiary/aromatic N) is 4. The predicted octanol–water partition coefficient (Wildman–Crippen LogP) is 1.49. The smallest absolute Gasteiger partial charge is 0.233 e. The number of carbonyl (C=O) groups excluding carboxylic acids is 1. The Morgan fingerprint density at radius 3 is 2.95 bits per heavy atom. The average Bonchev–Trinajstić information content (AvgIpc) is 2.94. The molecule has 6 nitrogen and oxygen atoms in total. The van der Waals surface area contributed by atoms with Gasteiger partial charge in [-0.1, -0.05) is 6.08 Å². The first-order valence-corrected chi connectivity index (χ1v) is 7.16. The van der Waals surface area contributed by atoms with Crippen LogP contribution in [-0.4, -0.2) is 54.3 Å². The molecule has 114 valence electrons. The first kappa shape index (κ1) is 15.3. The second-order valence-electron chi connectivity index (χ2n) is 5.32. The minimum absolute atomic E-state index is 0.00260. The van der Waals surface area contributed by atoms with Crippen LogP contribution in [0.2, 0.25) is 0 Å². The van der Waals surface area contributed by atoms with Crippen LogP contribution in [0.5, 0.6) is 5.88 Å². The van der Waals surface area contributed by atoms with Crippen molar-refractivity contribution < 1.29 is 9.53 Å². The molecule has 1 aliphatic rings. The lowest BCUT2D eigenvalue weighted by Gasteiger charge is -2.17. The summed E-state index contributed by atoms with van der Waals surface area (Å²) in [6.45, 7) is 4.99. The number of amides is 1. The standard InChI is InChI=1S/C15H22N4O2/c1-4-5-6-15(20)19-10-9-12(11-19)21-14-8-7-13(16-17-14)18(2)3/h4,7-8,12H,1,5-6,9-11H2,2-3H3. The summed E-state index contributed by atoms with van der Waals surface area (Å²) in [7, 11) is 3.82. The lowest BCUT2D eigenvalue weighted by Crippen LogP contribution is -2.30. The van der Waals surface area contributed by atoms with Gasteiger partial charge >= 0.3 is 0 Å². The third-order valence-corrected chi connectivity index (χ3v) is 3.43. The van der Waals surface area contributed by atoms with E-state index >= 15 is 0 Å². The van der Waals surface area contributed by atoms with Crippen molar-refractivity contribution in [2.24, 2.45) is 0 Å².